The van der Waals surface area contributed by atoms with E-state index in [9.17, 15) is 9.59 Å². The van der Waals surface area contributed by atoms with Gasteiger partial charge in [0.2, 0.25) is 5.91 Å². The van der Waals surface area contributed by atoms with E-state index in [1.54, 1.807) is 31.4 Å². The molecular formula is C19H21N3O3. The van der Waals surface area contributed by atoms with Gasteiger partial charge in [-0.2, -0.15) is 5.10 Å². The SMILES string of the molecule is COc1cccc(/C=N/NC(=O)c2ccc(NC(=O)C(C)C)cc2)c1. The molecule has 2 N–H and O–H groups in total. The summed E-state index contributed by atoms with van der Waals surface area (Å²) in [6, 6.07) is 14.0. The highest BCUT2D eigenvalue weighted by atomic mass is 16.5. The number of ether oxygens (including phenoxy) is 1. The number of hydrazone groups is 1. The third-order valence-corrected chi connectivity index (χ3v) is 3.41. The zero-order chi connectivity index (χ0) is 18.2. The van der Waals surface area contributed by atoms with Crippen LogP contribution in [0.3, 0.4) is 0 Å². The fourth-order valence-electron chi connectivity index (χ4n) is 1.94. The summed E-state index contributed by atoms with van der Waals surface area (Å²) in [5.41, 5.74) is 4.37. The Morgan fingerprint density at radius 2 is 1.84 bits per heavy atom. The van der Waals surface area contributed by atoms with Gasteiger partial charge in [-0.25, -0.2) is 5.43 Å². The van der Waals surface area contributed by atoms with Crippen LogP contribution in [-0.4, -0.2) is 25.1 Å². The summed E-state index contributed by atoms with van der Waals surface area (Å²) in [5, 5.41) is 6.71. The molecule has 0 spiro atoms. The second kappa shape index (κ2) is 8.63. The highest BCUT2D eigenvalue weighted by Crippen LogP contribution is 2.12. The molecule has 0 saturated heterocycles. The zero-order valence-electron chi connectivity index (χ0n) is 14.4. The lowest BCUT2D eigenvalue weighted by Crippen LogP contribution is -2.19. The third-order valence-electron chi connectivity index (χ3n) is 3.41. The quantitative estimate of drug-likeness (QED) is 0.627. The van der Waals surface area contributed by atoms with Crippen molar-refractivity contribution in [3.05, 3.63) is 59.7 Å². The van der Waals surface area contributed by atoms with E-state index in [-0.39, 0.29) is 17.7 Å². The van der Waals surface area contributed by atoms with Gasteiger partial charge in [0.1, 0.15) is 5.75 Å². The Morgan fingerprint density at radius 3 is 2.48 bits per heavy atom. The van der Waals surface area contributed by atoms with Crippen molar-refractivity contribution >= 4 is 23.7 Å². The summed E-state index contributed by atoms with van der Waals surface area (Å²) in [6.45, 7) is 3.63. The van der Waals surface area contributed by atoms with Crippen molar-refractivity contribution in [2.75, 3.05) is 12.4 Å². The van der Waals surface area contributed by atoms with Gasteiger partial charge in [-0.05, 0) is 42.0 Å². The molecule has 0 atom stereocenters. The van der Waals surface area contributed by atoms with Gasteiger partial charge in [-0.3, -0.25) is 9.59 Å². The summed E-state index contributed by atoms with van der Waals surface area (Å²) in [6.07, 6.45) is 1.54. The van der Waals surface area contributed by atoms with E-state index < -0.39 is 0 Å². The highest BCUT2D eigenvalue weighted by Gasteiger charge is 2.08. The summed E-state index contributed by atoms with van der Waals surface area (Å²) in [5.74, 6) is 0.212. The Hall–Kier alpha value is -3.15. The molecule has 0 aliphatic carbocycles. The van der Waals surface area contributed by atoms with E-state index in [1.807, 2.05) is 38.1 Å². The normalized spacial score (nSPS) is 10.7. The van der Waals surface area contributed by atoms with Crippen molar-refractivity contribution in [1.29, 1.82) is 0 Å². The van der Waals surface area contributed by atoms with Crippen molar-refractivity contribution in [3.63, 3.8) is 0 Å². The van der Waals surface area contributed by atoms with Gasteiger partial charge in [0.05, 0.1) is 13.3 Å². The lowest BCUT2D eigenvalue weighted by atomic mass is 10.1. The van der Waals surface area contributed by atoms with Crippen molar-refractivity contribution < 1.29 is 14.3 Å². The fourth-order valence-corrected chi connectivity index (χ4v) is 1.94. The lowest BCUT2D eigenvalue weighted by Gasteiger charge is -2.08. The Morgan fingerprint density at radius 1 is 1.12 bits per heavy atom. The molecule has 0 heterocycles. The molecule has 0 saturated carbocycles. The molecule has 0 fully saturated rings. The largest absolute Gasteiger partial charge is 0.497 e. The first kappa shape index (κ1) is 18.2. The summed E-state index contributed by atoms with van der Waals surface area (Å²) in [4.78, 5) is 23.7. The van der Waals surface area contributed by atoms with E-state index in [1.165, 1.54) is 6.21 Å². The van der Waals surface area contributed by atoms with Crippen molar-refractivity contribution in [3.8, 4) is 5.75 Å². The maximum Gasteiger partial charge on any atom is 0.271 e. The van der Waals surface area contributed by atoms with E-state index in [4.69, 9.17) is 4.74 Å². The van der Waals surface area contributed by atoms with E-state index >= 15 is 0 Å². The number of hydrogen-bond donors (Lipinski definition) is 2. The first-order valence-corrected chi connectivity index (χ1v) is 7.88. The second-order valence-electron chi connectivity index (χ2n) is 5.70. The number of carbonyl (C=O) groups is 2. The van der Waals surface area contributed by atoms with E-state index in [0.29, 0.717) is 17.0 Å². The molecule has 6 heteroatoms. The molecule has 2 rings (SSSR count). The van der Waals surface area contributed by atoms with Gasteiger partial charge in [0.25, 0.3) is 5.91 Å². The monoisotopic (exact) mass is 339 g/mol. The Bertz CT molecular complexity index is 768. The van der Waals surface area contributed by atoms with Gasteiger partial charge in [-0.1, -0.05) is 26.0 Å². The predicted molar refractivity (Wildman–Crippen MR) is 98.0 cm³/mol. The molecule has 0 radical (unpaired) electrons. The maximum absolute atomic E-state index is 12.1. The number of amides is 2. The van der Waals surface area contributed by atoms with Crippen molar-refractivity contribution in [2.45, 2.75) is 13.8 Å². The number of carbonyl (C=O) groups excluding carboxylic acids is 2. The Labute approximate surface area is 146 Å². The number of nitrogens with one attached hydrogen (secondary N) is 2. The van der Waals surface area contributed by atoms with Gasteiger partial charge in [0, 0.05) is 17.2 Å². The molecule has 0 aliphatic rings. The summed E-state index contributed by atoms with van der Waals surface area (Å²) >= 11 is 0. The average molecular weight is 339 g/mol. The molecule has 130 valence electrons. The van der Waals surface area contributed by atoms with Crippen LogP contribution in [0.5, 0.6) is 5.75 Å². The van der Waals surface area contributed by atoms with Gasteiger partial charge in [0.15, 0.2) is 0 Å². The highest BCUT2D eigenvalue weighted by molar-refractivity contribution is 5.96. The Kier molecular flexibility index (Phi) is 6.28. The minimum atomic E-state index is -0.333. The van der Waals surface area contributed by atoms with Crippen LogP contribution >= 0.6 is 0 Å². The number of nitrogens with zero attached hydrogens (tertiary/aromatic N) is 1. The maximum atomic E-state index is 12.1. The van der Waals surface area contributed by atoms with Crippen LogP contribution in [0.15, 0.2) is 53.6 Å². The number of rotatable bonds is 6. The molecule has 2 amide bonds. The summed E-state index contributed by atoms with van der Waals surface area (Å²) < 4.78 is 5.13. The van der Waals surface area contributed by atoms with Crippen LogP contribution < -0.4 is 15.5 Å². The van der Waals surface area contributed by atoms with Gasteiger partial charge < -0.3 is 10.1 Å². The smallest absolute Gasteiger partial charge is 0.271 e. The number of methoxy groups -OCH3 is 1. The fraction of sp³-hybridized carbons (Fsp3) is 0.211. The van der Waals surface area contributed by atoms with Gasteiger partial charge >= 0.3 is 0 Å². The molecule has 2 aromatic rings. The van der Waals surface area contributed by atoms with E-state index in [0.717, 1.165) is 5.56 Å². The van der Waals surface area contributed by atoms with Gasteiger partial charge in [-0.15, -0.1) is 0 Å². The molecule has 0 aromatic heterocycles. The van der Waals surface area contributed by atoms with Crippen LogP contribution in [0.4, 0.5) is 5.69 Å². The molecule has 0 aliphatic heterocycles. The number of anilines is 1. The first-order chi connectivity index (χ1) is 12.0. The molecule has 0 unspecified atom stereocenters. The average Bonchev–Trinajstić information content (AvgIpc) is 2.62. The van der Waals surface area contributed by atoms with Crippen LogP contribution in [0.2, 0.25) is 0 Å². The third kappa shape index (κ3) is 5.46. The molecule has 6 nitrogen and oxygen atoms in total. The predicted octanol–water partition coefficient (Wildman–Crippen LogP) is 3.05. The van der Waals surface area contributed by atoms with E-state index in [2.05, 4.69) is 15.8 Å². The lowest BCUT2D eigenvalue weighted by molar-refractivity contribution is -0.118. The van der Waals surface area contributed by atoms with Crippen molar-refractivity contribution in [1.82, 2.24) is 5.43 Å². The van der Waals surface area contributed by atoms with Crippen LogP contribution in [0.1, 0.15) is 29.8 Å². The molecular weight excluding hydrogens is 318 g/mol. The summed E-state index contributed by atoms with van der Waals surface area (Å²) in [7, 11) is 1.59. The van der Waals surface area contributed by atoms with Crippen LogP contribution in [-0.2, 0) is 4.79 Å². The minimum Gasteiger partial charge on any atom is -0.497 e. The number of hydrogen-bond acceptors (Lipinski definition) is 4. The van der Waals surface area contributed by atoms with Crippen LogP contribution in [0, 0.1) is 5.92 Å². The second-order valence-corrected chi connectivity index (χ2v) is 5.70. The first-order valence-electron chi connectivity index (χ1n) is 7.88. The molecule has 0 bridgehead atoms. The Balaban J connectivity index is 1.94. The zero-order valence-corrected chi connectivity index (χ0v) is 14.4. The topological polar surface area (TPSA) is 79.8 Å². The van der Waals surface area contributed by atoms with Crippen LogP contribution in [0.25, 0.3) is 0 Å². The minimum absolute atomic E-state index is 0.0694. The molecule has 2 aromatic carbocycles. The molecule has 25 heavy (non-hydrogen) atoms. The number of benzene rings is 2. The standard InChI is InChI=1S/C19H21N3O3/c1-13(2)18(23)21-16-9-7-15(8-10-16)19(24)22-20-12-14-5-4-6-17(11-14)25-3/h4-13H,1-3H3,(H,21,23)(H,22,24)/b20-12+. The van der Waals surface area contributed by atoms with Crippen molar-refractivity contribution in [2.24, 2.45) is 11.0 Å².